The van der Waals surface area contributed by atoms with E-state index in [0.29, 0.717) is 6.54 Å². The van der Waals surface area contributed by atoms with Gasteiger partial charge in [-0.25, -0.2) is 4.39 Å². The number of rotatable bonds is 5. The Morgan fingerprint density at radius 1 is 0.966 bits per heavy atom. The first-order valence-electron chi connectivity index (χ1n) is 10.0. The van der Waals surface area contributed by atoms with Gasteiger partial charge in [-0.05, 0) is 35.7 Å². The summed E-state index contributed by atoms with van der Waals surface area (Å²) in [6.45, 7) is 3.88. The Kier molecular flexibility index (Phi) is 6.00. The number of aromatic nitrogens is 2. The molecule has 0 spiro atoms. The van der Waals surface area contributed by atoms with Crippen molar-refractivity contribution < 1.29 is 9.18 Å². The van der Waals surface area contributed by atoms with Crippen LogP contribution in [0.1, 0.15) is 23.6 Å². The fourth-order valence-corrected chi connectivity index (χ4v) is 3.85. The molecule has 29 heavy (non-hydrogen) atoms. The number of hydrogen-bond acceptors (Lipinski definition) is 3. The standard InChI is InChI=1S/C23H25FN4O/c24-21-10-8-19(9-11-21)18-26-13-5-14-27(17-16-26)23(29)22(28-15-4-12-25-28)20-6-2-1-3-7-20/h1-4,6-12,15,22H,5,13-14,16-18H2. The van der Waals surface area contributed by atoms with E-state index < -0.39 is 6.04 Å². The van der Waals surface area contributed by atoms with E-state index in [2.05, 4.69) is 10.00 Å². The largest absolute Gasteiger partial charge is 0.339 e. The van der Waals surface area contributed by atoms with Crippen LogP contribution in [-0.2, 0) is 11.3 Å². The van der Waals surface area contributed by atoms with E-state index in [4.69, 9.17) is 0 Å². The Morgan fingerprint density at radius 3 is 2.48 bits per heavy atom. The lowest BCUT2D eigenvalue weighted by Gasteiger charge is -2.27. The predicted molar refractivity (Wildman–Crippen MR) is 110 cm³/mol. The number of carbonyl (C=O) groups excluding carboxylic acids is 1. The summed E-state index contributed by atoms with van der Waals surface area (Å²) in [5.41, 5.74) is 2.03. The minimum atomic E-state index is -0.449. The molecule has 6 heteroatoms. The van der Waals surface area contributed by atoms with Gasteiger partial charge in [-0.2, -0.15) is 5.10 Å². The van der Waals surface area contributed by atoms with Crippen LogP contribution in [0, 0.1) is 5.82 Å². The van der Waals surface area contributed by atoms with Crippen molar-refractivity contribution in [1.82, 2.24) is 19.6 Å². The van der Waals surface area contributed by atoms with E-state index in [9.17, 15) is 9.18 Å². The second-order valence-corrected chi connectivity index (χ2v) is 7.38. The summed E-state index contributed by atoms with van der Waals surface area (Å²) in [5, 5.41) is 4.34. The van der Waals surface area contributed by atoms with E-state index in [1.165, 1.54) is 12.1 Å². The average Bonchev–Trinajstić information content (AvgIpc) is 3.16. The molecule has 0 bridgehead atoms. The molecule has 150 valence electrons. The summed E-state index contributed by atoms with van der Waals surface area (Å²) in [6, 6.07) is 17.8. The molecule has 1 aliphatic rings. The van der Waals surface area contributed by atoms with Crippen LogP contribution >= 0.6 is 0 Å². The fourth-order valence-electron chi connectivity index (χ4n) is 3.85. The second kappa shape index (κ2) is 9.01. The van der Waals surface area contributed by atoms with Crippen LogP contribution in [0.25, 0.3) is 0 Å². The number of amides is 1. The summed E-state index contributed by atoms with van der Waals surface area (Å²) in [7, 11) is 0. The highest BCUT2D eigenvalue weighted by Crippen LogP contribution is 2.21. The van der Waals surface area contributed by atoms with E-state index in [0.717, 1.165) is 43.7 Å². The fraction of sp³-hybridized carbons (Fsp3) is 0.304. The summed E-state index contributed by atoms with van der Waals surface area (Å²) in [6.07, 6.45) is 4.46. The minimum Gasteiger partial charge on any atom is -0.339 e. The van der Waals surface area contributed by atoms with Gasteiger partial charge < -0.3 is 4.90 Å². The maximum Gasteiger partial charge on any atom is 0.252 e. The van der Waals surface area contributed by atoms with Crippen molar-refractivity contribution in [3.63, 3.8) is 0 Å². The molecule has 0 N–H and O–H groups in total. The summed E-state index contributed by atoms with van der Waals surface area (Å²) >= 11 is 0. The van der Waals surface area contributed by atoms with Crippen molar-refractivity contribution in [2.45, 2.75) is 19.0 Å². The molecule has 1 aromatic heterocycles. The molecule has 1 saturated heterocycles. The monoisotopic (exact) mass is 392 g/mol. The van der Waals surface area contributed by atoms with Crippen molar-refractivity contribution in [2.75, 3.05) is 26.2 Å². The van der Waals surface area contributed by atoms with Crippen LogP contribution in [-0.4, -0.2) is 51.7 Å². The maximum atomic E-state index is 13.5. The first-order valence-corrected chi connectivity index (χ1v) is 10.0. The number of halogens is 1. The normalized spacial score (nSPS) is 16.4. The quantitative estimate of drug-likeness (QED) is 0.669. The molecule has 1 aliphatic heterocycles. The average molecular weight is 392 g/mol. The molecule has 1 atom stereocenters. The Balaban J connectivity index is 1.46. The van der Waals surface area contributed by atoms with Crippen molar-refractivity contribution in [2.24, 2.45) is 0 Å². The van der Waals surface area contributed by atoms with Crippen molar-refractivity contribution in [3.8, 4) is 0 Å². The van der Waals surface area contributed by atoms with Crippen LogP contribution in [0.15, 0.2) is 73.1 Å². The molecule has 1 amide bonds. The van der Waals surface area contributed by atoms with Gasteiger partial charge >= 0.3 is 0 Å². The molecule has 2 aromatic carbocycles. The molecule has 4 rings (SSSR count). The second-order valence-electron chi connectivity index (χ2n) is 7.38. The first-order chi connectivity index (χ1) is 14.2. The smallest absolute Gasteiger partial charge is 0.252 e. The van der Waals surface area contributed by atoms with Gasteiger partial charge in [-0.3, -0.25) is 14.4 Å². The Hall–Kier alpha value is -2.99. The zero-order valence-corrected chi connectivity index (χ0v) is 16.3. The van der Waals surface area contributed by atoms with Gasteiger partial charge in [0.15, 0.2) is 6.04 Å². The van der Waals surface area contributed by atoms with Gasteiger partial charge in [0.2, 0.25) is 0 Å². The van der Waals surface area contributed by atoms with Gasteiger partial charge in [0, 0.05) is 45.1 Å². The van der Waals surface area contributed by atoms with Crippen molar-refractivity contribution in [1.29, 1.82) is 0 Å². The predicted octanol–water partition coefficient (Wildman–Crippen LogP) is 3.35. The minimum absolute atomic E-state index is 0.0727. The van der Waals surface area contributed by atoms with Crippen LogP contribution < -0.4 is 0 Å². The zero-order chi connectivity index (χ0) is 20.1. The number of carbonyl (C=O) groups is 1. The van der Waals surface area contributed by atoms with Gasteiger partial charge in [-0.1, -0.05) is 42.5 Å². The first kappa shape index (κ1) is 19.3. The lowest BCUT2D eigenvalue weighted by molar-refractivity contribution is -0.133. The molecular weight excluding hydrogens is 367 g/mol. The third-order valence-corrected chi connectivity index (χ3v) is 5.36. The Morgan fingerprint density at radius 2 is 1.76 bits per heavy atom. The third kappa shape index (κ3) is 4.71. The molecule has 0 aliphatic carbocycles. The molecular formula is C23H25FN4O. The van der Waals surface area contributed by atoms with E-state index >= 15 is 0 Å². The summed E-state index contributed by atoms with van der Waals surface area (Å²) in [4.78, 5) is 17.7. The van der Waals surface area contributed by atoms with Crippen LogP contribution in [0.4, 0.5) is 4.39 Å². The van der Waals surface area contributed by atoms with Gasteiger partial charge in [0.25, 0.3) is 5.91 Å². The van der Waals surface area contributed by atoms with E-state index in [-0.39, 0.29) is 11.7 Å². The van der Waals surface area contributed by atoms with E-state index in [1.54, 1.807) is 10.9 Å². The lowest BCUT2D eigenvalue weighted by atomic mass is 10.1. The highest BCUT2D eigenvalue weighted by Gasteiger charge is 2.29. The molecule has 1 unspecified atom stereocenters. The topological polar surface area (TPSA) is 41.4 Å². The third-order valence-electron chi connectivity index (χ3n) is 5.36. The number of benzene rings is 2. The Bertz CT molecular complexity index is 912. The SMILES string of the molecule is O=C(C(c1ccccc1)n1cccn1)N1CCCN(Cc2ccc(F)cc2)CC1. The van der Waals surface area contributed by atoms with Gasteiger partial charge in [0.1, 0.15) is 5.82 Å². The van der Waals surface area contributed by atoms with Crippen LogP contribution in [0.3, 0.4) is 0 Å². The molecule has 0 radical (unpaired) electrons. The van der Waals surface area contributed by atoms with Crippen LogP contribution in [0.2, 0.25) is 0 Å². The van der Waals surface area contributed by atoms with Crippen molar-refractivity contribution >= 4 is 5.91 Å². The molecule has 5 nitrogen and oxygen atoms in total. The van der Waals surface area contributed by atoms with Gasteiger partial charge in [0.05, 0.1) is 0 Å². The molecule has 3 aromatic rings. The lowest BCUT2D eigenvalue weighted by Crippen LogP contribution is -2.40. The highest BCUT2D eigenvalue weighted by molar-refractivity contribution is 5.83. The molecule has 1 fully saturated rings. The zero-order valence-electron chi connectivity index (χ0n) is 16.3. The van der Waals surface area contributed by atoms with Gasteiger partial charge in [-0.15, -0.1) is 0 Å². The van der Waals surface area contributed by atoms with Crippen LogP contribution in [0.5, 0.6) is 0 Å². The summed E-state index contributed by atoms with van der Waals surface area (Å²) in [5.74, 6) is -0.143. The maximum absolute atomic E-state index is 13.5. The number of nitrogens with zero attached hydrogens (tertiary/aromatic N) is 4. The van der Waals surface area contributed by atoms with E-state index in [1.807, 2.05) is 59.6 Å². The molecule has 0 saturated carbocycles. The number of hydrogen-bond donors (Lipinski definition) is 0. The molecule has 2 heterocycles. The van der Waals surface area contributed by atoms with Crippen molar-refractivity contribution in [3.05, 3.63) is 90.0 Å². The Labute approximate surface area is 170 Å². The highest BCUT2D eigenvalue weighted by atomic mass is 19.1. The summed E-state index contributed by atoms with van der Waals surface area (Å²) < 4.78 is 14.9.